The smallest absolute Gasteiger partial charge is 0.274 e. The Bertz CT molecular complexity index is 1730. The lowest BCUT2D eigenvalue weighted by Crippen LogP contribution is -2.26. The highest BCUT2D eigenvalue weighted by atomic mass is 79.9. The predicted octanol–water partition coefficient (Wildman–Crippen LogP) is 7.20. The van der Waals surface area contributed by atoms with E-state index in [1.54, 1.807) is 42.7 Å². The number of hydrazone groups is 1. The van der Waals surface area contributed by atoms with E-state index in [0.29, 0.717) is 39.6 Å². The van der Waals surface area contributed by atoms with Crippen LogP contribution in [-0.4, -0.2) is 21.6 Å². The lowest BCUT2D eigenvalue weighted by Gasteiger charge is -2.20. The van der Waals surface area contributed by atoms with Crippen LogP contribution in [0.4, 0.5) is 0 Å². The van der Waals surface area contributed by atoms with Crippen molar-refractivity contribution in [3.05, 3.63) is 128 Å². The van der Waals surface area contributed by atoms with Crippen molar-refractivity contribution >= 4 is 50.1 Å². The Morgan fingerprint density at radius 2 is 1.84 bits per heavy atom. The number of amides is 1. The van der Waals surface area contributed by atoms with Gasteiger partial charge in [-0.25, -0.2) is 5.01 Å². The first-order valence-electron chi connectivity index (χ1n) is 11.6. The van der Waals surface area contributed by atoms with E-state index >= 15 is 0 Å². The first-order valence-corrected chi connectivity index (χ1v) is 12.8. The molecule has 0 saturated carbocycles. The molecular weight excluding hydrogens is 554 g/mol. The fraction of sp³-hybridized carbons (Fsp3) is 0.0690. The molecule has 0 bridgehead atoms. The summed E-state index contributed by atoms with van der Waals surface area (Å²) in [5.74, 6) is 0.246. The summed E-state index contributed by atoms with van der Waals surface area (Å²) in [4.78, 5) is 30.2. The molecule has 2 aromatic heterocycles. The molecule has 0 radical (unpaired) electrons. The number of carbonyl (C=O) groups excluding carboxylic acids is 1. The molecule has 3 heterocycles. The van der Waals surface area contributed by atoms with Crippen LogP contribution in [0.2, 0.25) is 5.02 Å². The third-order valence-corrected chi connectivity index (χ3v) is 7.12. The summed E-state index contributed by atoms with van der Waals surface area (Å²) in [5, 5.41) is 7.45. The Kier molecular flexibility index (Phi) is 6.02. The second-order valence-electron chi connectivity index (χ2n) is 8.70. The van der Waals surface area contributed by atoms with Gasteiger partial charge in [0.25, 0.3) is 11.5 Å². The third-order valence-electron chi connectivity index (χ3n) is 6.39. The molecule has 0 saturated heterocycles. The number of hydrogen-bond donors (Lipinski definition) is 1. The van der Waals surface area contributed by atoms with Gasteiger partial charge < -0.3 is 9.40 Å². The molecule has 8 heteroatoms. The van der Waals surface area contributed by atoms with Gasteiger partial charge in [0.1, 0.15) is 11.8 Å². The monoisotopic (exact) mass is 571 g/mol. The zero-order valence-corrected chi connectivity index (χ0v) is 21.7. The highest BCUT2D eigenvalue weighted by Crippen LogP contribution is 2.38. The molecule has 6 rings (SSSR count). The number of aromatic nitrogens is 1. The fourth-order valence-electron chi connectivity index (χ4n) is 4.75. The van der Waals surface area contributed by atoms with Crippen LogP contribution < -0.4 is 5.56 Å². The van der Waals surface area contributed by atoms with Crippen LogP contribution in [0.25, 0.3) is 22.0 Å². The minimum Gasteiger partial charge on any atom is -0.467 e. The summed E-state index contributed by atoms with van der Waals surface area (Å²) in [6.07, 6.45) is 1.87. The molecule has 0 aliphatic carbocycles. The zero-order valence-electron chi connectivity index (χ0n) is 19.3. The first kappa shape index (κ1) is 23.5. The minimum atomic E-state index is -0.516. The largest absolute Gasteiger partial charge is 0.467 e. The number of H-pyrrole nitrogens is 1. The maximum Gasteiger partial charge on any atom is 0.274 e. The molecule has 0 unspecified atom stereocenters. The van der Waals surface area contributed by atoms with Crippen LogP contribution >= 0.6 is 27.5 Å². The van der Waals surface area contributed by atoms with Gasteiger partial charge in [0, 0.05) is 37.9 Å². The molecule has 1 aliphatic heterocycles. The van der Waals surface area contributed by atoms with Gasteiger partial charge >= 0.3 is 0 Å². The number of nitrogens with zero attached hydrogens (tertiary/aromatic N) is 2. The number of hydrogen-bond acceptors (Lipinski definition) is 4. The van der Waals surface area contributed by atoms with E-state index in [4.69, 9.17) is 21.1 Å². The van der Waals surface area contributed by atoms with Crippen molar-refractivity contribution in [2.45, 2.75) is 12.5 Å². The standard InChI is InChI=1S/C29H19BrClN3O3/c30-19-11-12-22-21(15-19)26(17-6-2-1-3-7-17)27(28(35)32-22)23-16-24(25-10-5-13-37-25)34(33-23)29(36)18-8-4-9-20(31)14-18/h1-15,24H,16H2,(H,32,35)/t24-/m1/s1. The second-order valence-corrected chi connectivity index (χ2v) is 10.1. The highest BCUT2D eigenvalue weighted by molar-refractivity contribution is 9.10. The molecule has 1 N–H and O–H groups in total. The molecular formula is C29H19BrClN3O3. The van der Waals surface area contributed by atoms with Crippen LogP contribution in [0.15, 0.2) is 110 Å². The maximum atomic E-state index is 13.6. The van der Waals surface area contributed by atoms with Gasteiger partial charge in [-0.15, -0.1) is 0 Å². The number of carbonyl (C=O) groups is 1. The summed E-state index contributed by atoms with van der Waals surface area (Å²) in [7, 11) is 0. The summed E-state index contributed by atoms with van der Waals surface area (Å²) in [6, 6.07) is 25.2. The number of benzene rings is 3. The van der Waals surface area contributed by atoms with Gasteiger partial charge in [0.15, 0.2) is 0 Å². The Labute approximate surface area is 225 Å². The Morgan fingerprint density at radius 3 is 2.59 bits per heavy atom. The van der Waals surface area contributed by atoms with Gasteiger partial charge in [-0.1, -0.05) is 63.9 Å². The van der Waals surface area contributed by atoms with Gasteiger partial charge in [-0.05, 0) is 54.1 Å². The van der Waals surface area contributed by atoms with Crippen LogP contribution in [0.1, 0.15) is 34.1 Å². The van der Waals surface area contributed by atoms with Crippen molar-refractivity contribution in [2.75, 3.05) is 0 Å². The van der Waals surface area contributed by atoms with Crippen LogP contribution in [0.3, 0.4) is 0 Å². The van der Waals surface area contributed by atoms with E-state index in [0.717, 1.165) is 21.0 Å². The minimum absolute atomic E-state index is 0.275. The molecule has 1 atom stereocenters. The van der Waals surface area contributed by atoms with Crippen molar-refractivity contribution in [3.8, 4) is 11.1 Å². The number of nitrogens with one attached hydrogen (secondary N) is 1. The van der Waals surface area contributed by atoms with E-state index < -0.39 is 6.04 Å². The molecule has 1 amide bonds. The fourth-order valence-corrected chi connectivity index (χ4v) is 5.30. The Morgan fingerprint density at radius 1 is 1.00 bits per heavy atom. The van der Waals surface area contributed by atoms with Gasteiger partial charge in [-0.3, -0.25) is 9.59 Å². The molecule has 5 aromatic rings. The lowest BCUT2D eigenvalue weighted by molar-refractivity contribution is 0.0693. The van der Waals surface area contributed by atoms with Crippen molar-refractivity contribution in [3.63, 3.8) is 0 Å². The average molecular weight is 573 g/mol. The van der Waals surface area contributed by atoms with Crippen molar-refractivity contribution in [2.24, 2.45) is 5.10 Å². The Hall–Kier alpha value is -3.94. The molecule has 182 valence electrons. The molecule has 0 fully saturated rings. The number of halogens is 2. The molecule has 1 aliphatic rings. The number of fused-ring (bicyclic) bond motifs is 1. The van der Waals surface area contributed by atoms with E-state index in [1.165, 1.54) is 5.01 Å². The van der Waals surface area contributed by atoms with Crippen LogP contribution in [0.5, 0.6) is 0 Å². The SMILES string of the molecule is O=C(c1cccc(Cl)c1)N1N=C(c2c(-c3ccccc3)c3cc(Br)ccc3[nH]c2=O)C[C@@H]1c1ccco1. The number of rotatable bonds is 4. The maximum absolute atomic E-state index is 13.6. The molecule has 0 spiro atoms. The first-order chi connectivity index (χ1) is 18.0. The van der Waals surface area contributed by atoms with Crippen molar-refractivity contribution < 1.29 is 9.21 Å². The van der Waals surface area contributed by atoms with Crippen molar-refractivity contribution in [1.29, 1.82) is 0 Å². The van der Waals surface area contributed by atoms with E-state index in [-0.39, 0.29) is 11.5 Å². The number of pyridine rings is 1. The number of aromatic amines is 1. The van der Waals surface area contributed by atoms with Gasteiger partial charge in [0.05, 0.1) is 17.5 Å². The summed E-state index contributed by atoms with van der Waals surface area (Å²) in [5.41, 5.74) is 3.40. The van der Waals surface area contributed by atoms with E-state index in [9.17, 15) is 9.59 Å². The van der Waals surface area contributed by atoms with Gasteiger partial charge in [0.2, 0.25) is 0 Å². The average Bonchev–Trinajstić information content (AvgIpc) is 3.59. The quantitative estimate of drug-likeness (QED) is 0.247. The van der Waals surface area contributed by atoms with E-state index in [2.05, 4.69) is 20.9 Å². The summed E-state index contributed by atoms with van der Waals surface area (Å²) in [6.45, 7) is 0. The topological polar surface area (TPSA) is 78.7 Å². The lowest BCUT2D eigenvalue weighted by atomic mass is 9.92. The molecule has 6 nitrogen and oxygen atoms in total. The predicted molar refractivity (Wildman–Crippen MR) is 148 cm³/mol. The molecule has 37 heavy (non-hydrogen) atoms. The highest BCUT2D eigenvalue weighted by Gasteiger charge is 2.37. The summed E-state index contributed by atoms with van der Waals surface area (Å²) >= 11 is 9.72. The van der Waals surface area contributed by atoms with Crippen LogP contribution in [-0.2, 0) is 0 Å². The Balaban J connectivity index is 1.57. The van der Waals surface area contributed by atoms with Gasteiger partial charge in [-0.2, -0.15) is 5.10 Å². The normalized spacial score (nSPS) is 15.2. The van der Waals surface area contributed by atoms with Crippen LogP contribution in [0, 0.1) is 0 Å². The number of furan rings is 1. The third kappa shape index (κ3) is 4.30. The summed E-state index contributed by atoms with van der Waals surface area (Å²) < 4.78 is 6.57. The van der Waals surface area contributed by atoms with Crippen molar-refractivity contribution in [1.82, 2.24) is 9.99 Å². The molecule has 3 aromatic carbocycles. The van der Waals surface area contributed by atoms with E-state index in [1.807, 2.05) is 48.5 Å². The second kappa shape index (κ2) is 9.50. The zero-order chi connectivity index (χ0) is 25.5.